The second-order valence-electron chi connectivity index (χ2n) is 19.7. The fraction of sp³-hybridized carbons (Fsp3) is 0.194. The van der Waals surface area contributed by atoms with Gasteiger partial charge in [0.05, 0.1) is 4.75 Å². The van der Waals surface area contributed by atoms with Gasteiger partial charge in [-0.25, -0.2) is 0 Å². The Morgan fingerprint density at radius 2 is 0.353 bits per heavy atom. The van der Waals surface area contributed by atoms with Gasteiger partial charge >= 0.3 is 0 Å². The standard InChI is InChI=1S/C67H64S/c1-40-19-13-20-41(2)61(40)52-31-53(62-42(3)21-14-22-43(62)4)35-58(34-52)67(68,59-36-54(63-44(5)23-15-24-45(63)6)32-55(37-59)64-46(7)25-16-26-47(64)8)60-38-56(65-48(9)27-17-28-49(65)10)33-57(39-60)66-50(11)29-18-30-51(66)12/h13-39,68H,1-12H3. The van der Waals surface area contributed by atoms with E-state index in [1.54, 1.807) is 0 Å². The molecule has 0 radical (unpaired) electrons. The molecule has 9 rings (SSSR count). The number of rotatable bonds is 9. The van der Waals surface area contributed by atoms with Crippen LogP contribution in [0.4, 0.5) is 0 Å². The van der Waals surface area contributed by atoms with Gasteiger partial charge in [-0.3, -0.25) is 0 Å². The largest absolute Gasteiger partial charge is 0.158 e. The van der Waals surface area contributed by atoms with E-state index in [-0.39, 0.29) is 0 Å². The maximum atomic E-state index is 6.36. The minimum absolute atomic E-state index is 0.978. The van der Waals surface area contributed by atoms with Gasteiger partial charge in [0.25, 0.3) is 0 Å². The molecule has 9 aromatic rings. The maximum absolute atomic E-state index is 6.36. The van der Waals surface area contributed by atoms with Gasteiger partial charge < -0.3 is 0 Å². The van der Waals surface area contributed by atoms with Gasteiger partial charge in [0.15, 0.2) is 0 Å². The first kappa shape index (κ1) is 46.4. The Balaban J connectivity index is 1.50. The zero-order chi connectivity index (χ0) is 48.2. The van der Waals surface area contributed by atoms with Gasteiger partial charge in [-0.15, -0.1) is 0 Å². The molecule has 0 aromatic heterocycles. The summed E-state index contributed by atoms with van der Waals surface area (Å²) in [5, 5.41) is 0. The first-order valence-electron chi connectivity index (χ1n) is 24.1. The van der Waals surface area contributed by atoms with Gasteiger partial charge in [0, 0.05) is 0 Å². The Morgan fingerprint density at radius 1 is 0.221 bits per heavy atom. The highest BCUT2D eigenvalue weighted by Crippen LogP contribution is 2.51. The quantitative estimate of drug-likeness (QED) is 0.108. The molecule has 9 aromatic carbocycles. The number of hydrogen-bond donors (Lipinski definition) is 1. The van der Waals surface area contributed by atoms with E-state index < -0.39 is 4.75 Å². The molecule has 0 aliphatic carbocycles. The zero-order valence-corrected chi connectivity index (χ0v) is 42.9. The monoisotopic (exact) mass is 900 g/mol. The molecule has 68 heavy (non-hydrogen) atoms. The summed E-state index contributed by atoms with van der Waals surface area (Å²) in [6.07, 6.45) is 0. The Hall–Kier alpha value is -6.67. The van der Waals surface area contributed by atoms with Crippen LogP contribution in [0.3, 0.4) is 0 Å². The van der Waals surface area contributed by atoms with Crippen LogP contribution in [0, 0.1) is 83.1 Å². The van der Waals surface area contributed by atoms with Crippen molar-refractivity contribution in [2.24, 2.45) is 0 Å². The molecule has 0 aliphatic heterocycles. The van der Waals surface area contributed by atoms with Crippen LogP contribution >= 0.6 is 12.6 Å². The first-order chi connectivity index (χ1) is 32.5. The van der Waals surface area contributed by atoms with E-state index in [1.165, 1.54) is 134 Å². The average Bonchev–Trinajstić information content (AvgIpc) is 3.28. The molecule has 0 aliphatic rings. The van der Waals surface area contributed by atoms with Crippen molar-refractivity contribution in [1.29, 1.82) is 0 Å². The first-order valence-corrected chi connectivity index (χ1v) is 24.6. The molecular weight excluding hydrogens is 837 g/mol. The normalized spacial score (nSPS) is 11.6. The molecule has 0 nitrogen and oxygen atoms in total. The van der Waals surface area contributed by atoms with Crippen molar-refractivity contribution in [1.82, 2.24) is 0 Å². The van der Waals surface area contributed by atoms with E-state index in [2.05, 4.69) is 247 Å². The van der Waals surface area contributed by atoms with Gasteiger partial charge in [0.2, 0.25) is 0 Å². The molecule has 0 unspecified atom stereocenters. The Labute approximate surface area is 412 Å². The smallest absolute Gasteiger partial charge is 0.0879 e. The number of hydrogen-bond acceptors (Lipinski definition) is 1. The molecule has 0 spiro atoms. The summed E-state index contributed by atoms with van der Waals surface area (Å²) in [4.78, 5) is 0. The second kappa shape index (κ2) is 18.4. The van der Waals surface area contributed by atoms with Crippen molar-refractivity contribution in [3.8, 4) is 66.8 Å². The average molecular weight is 901 g/mol. The molecule has 0 amide bonds. The van der Waals surface area contributed by atoms with E-state index in [0.29, 0.717) is 0 Å². The van der Waals surface area contributed by atoms with Crippen molar-refractivity contribution in [3.05, 3.63) is 247 Å². The fourth-order valence-corrected chi connectivity index (χ4v) is 11.9. The van der Waals surface area contributed by atoms with Crippen molar-refractivity contribution < 1.29 is 0 Å². The van der Waals surface area contributed by atoms with Crippen LogP contribution in [-0.2, 0) is 4.75 Å². The lowest BCUT2D eigenvalue weighted by atomic mass is 9.76. The van der Waals surface area contributed by atoms with Crippen molar-refractivity contribution in [3.63, 3.8) is 0 Å². The summed E-state index contributed by atoms with van der Waals surface area (Å²) in [6.45, 7) is 27.0. The summed E-state index contributed by atoms with van der Waals surface area (Å²) in [5.41, 5.74) is 33.1. The van der Waals surface area contributed by atoms with Gasteiger partial charge in [-0.2, -0.15) is 12.6 Å². The Bertz CT molecular complexity index is 2740. The third-order valence-corrected chi connectivity index (χ3v) is 15.4. The molecule has 0 saturated heterocycles. The third kappa shape index (κ3) is 8.37. The number of benzene rings is 9. The topological polar surface area (TPSA) is 0 Å². The lowest BCUT2D eigenvalue weighted by Crippen LogP contribution is -2.24. The van der Waals surface area contributed by atoms with Crippen LogP contribution in [0.5, 0.6) is 0 Å². The molecular formula is C67H64S. The van der Waals surface area contributed by atoms with Crippen LogP contribution in [0.15, 0.2) is 164 Å². The predicted octanol–water partition coefficient (Wildman–Crippen LogP) is 18.6. The molecule has 338 valence electrons. The molecule has 0 heterocycles. The highest BCUT2D eigenvalue weighted by Gasteiger charge is 2.36. The van der Waals surface area contributed by atoms with Crippen LogP contribution < -0.4 is 0 Å². The lowest BCUT2D eigenvalue weighted by molar-refractivity contribution is 0.907. The van der Waals surface area contributed by atoms with E-state index in [0.717, 1.165) is 16.7 Å². The lowest BCUT2D eigenvalue weighted by Gasteiger charge is -2.34. The zero-order valence-electron chi connectivity index (χ0n) is 42.0. The Morgan fingerprint density at radius 3 is 0.485 bits per heavy atom. The minimum Gasteiger partial charge on any atom is -0.158 e. The fourth-order valence-electron chi connectivity index (χ4n) is 11.5. The van der Waals surface area contributed by atoms with E-state index in [4.69, 9.17) is 12.6 Å². The van der Waals surface area contributed by atoms with E-state index >= 15 is 0 Å². The van der Waals surface area contributed by atoms with Crippen LogP contribution in [0.25, 0.3) is 66.8 Å². The van der Waals surface area contributed by atoms with Crippen LogP contribution in [0.1, 0.15) is 83.5 Å². The van der Waals surface area contributed by atoms with Crippen molar-refractivity contribution >= 4 is 12.6 Å². The van der Waals surface area contributed by atoms with Crippen molar-refractivity contribution in [2.75, 3.05) is 0 Å². The highest BCUT2D eigenvalue weighted by atomic mass is 32.1. The second-order valence-corrected chi connectivity index (χ2v) is 20.4. The van der Waals surface area contributed by atoms with E-state index in [9.17, 15) is 0 Å². The van der Waals surface area contributed by atoms with Gasteiger partial charge in [-0.1, -0.05) is 109 Å². The summed E-state index contributed by atoms with van der Waals surface area (Å²) in [5.74, 6) is 0. The Kier molecular flexibility index (Phi) is 12.6. The molecule has 0 atom stereocenters. The summed E-state index contributed by atoms with van der Waals surface area (Å²) in [6, 6.07) is 62.0. The summed E-state index contributed by atoms with van der Waals surface area (Å²) < 4.78 is -0.978. The molecule has 0 saturated carbocycles. The molecule has 1 heteroatoms. The van der Waals surface area contributed by atoms with E-state index in [1.807, 2.05) is 0 Å². The highest BCUT2D eigenvalue weighted by molar-refractivity contribution is 7.81. The minimum atomic E-state index is -0.978. The molecule has 0 bridgehead atoms. The van der Waals surface area contributed by atoms with Gasteiger partial charge in [-0.05, 0) is 288 Å². The predicted molar refractivity (Wildman–Crippen MR) is 298 cm³/mol. The van der Waals surface area contributed by atoms with Gasteiger partial charge in [0.1, 0.15) is 0 Å². The maximum Gasteiger partial charge on any atom is 0.0879 e. The van der Waals surface area contributed by atoms with Crippen LogP contribution in [-0.4, -0.2) is 0 Å². The number of aryl methyl sites for hydroxylation is 12. The summed E-state index contributed by atoms with van der Waals surface area (Å²) >= 11 is 6.36. The van der Waals surface area contributed by atoms with Crippen molar-refractivity contribution in [2.45, 2.75) is 87.8 Å². The van der Waals surface area contributed by atoms with Crippen LogP contribution in [0.2, 0.25) is 0 Å². The number of thiol groups is 1. The third-order valence-electron chi connectivity index (χ3n) is 14.7. The molecule has 0 fully saturated rings. The summed E-state index contributed by atoms with van der Waals surface area (Å²) in [7, 11) is 0. The molecule has 0 N–H and O–H groups in total. The SMILES string of the molecule is Cc1cccc(C)c1-c1cc(-c2c(C)cccc2C)cc(C(S)(c2cc(-c3c(C)cccc3C)cc(-c3c(C)cccc3C)c2)c2cc(-c3c(C)cccc3C)cc(-c3c(C)cccc3C)c2)c1.